The van der Waals surface area contributed by atoms with Crippen molar-refractivity contribution < 1.29 is 18.3 Å². The van der Waals surface area contributed by atoms with Crippen LogP contribution < -0.4 is 4.74 Å². The summed E-state index contributed by atoms with van der Waals surface area (Å²) >= 11 is 0. The second-order valence-corrected chi connectivity index (χ2v) is 6.36. The van der Waals surface area contributed by atoms with Crippen molar-refractivity contribution in [3.8, 4) is 5.75 Å². The summed E-state index contributed by atoms with van der Waals surface area (Å²) in [6, 6.07) is 4.78. The number of hydrogen-bond acceptors (Lipinski definition) is 4. The number of hydrogen-bond donors (Lipinski definition) is 1. The van der Waals surface area contributed by atoms with Gasteiger partial charge in [0.05, 0.1) is 13.7 Å². The molecule has 1 fully saturated rings. The fourth-order valence-corrected chi connectivity index (χ4v) is 3.43. The molecule has 18 heavy (non-hydrogen) atoms. The van der Waals surface area contributed by atoms with Crippen LogP contribution in [0.25, 0.3) is 0 Å². The van der Waals surface area contributed by atoms with Crippen LogP contribution >= 0.6 is 0 Å². The van der Waals surface area contributed by atoms with Crippen LogP contribution in [0.5, 0.6) is 5.75 Å². The molecule has 5 nitrogen and oxygen atoms in total. The van der Waals surface area contributed by atoms with Crippen molar-refractivity contribution in [2.45, 2.75) is 30.4 Å². The van der Waals surface area contributed by atoms with E-state index >= 15 is 0 Å². The molecule has 0 aromatic heterocycles. The molecule has 6 heteroatoms. The van der Waals surface area contributed by atoms with Gasteiger partial charge in [0, 0.05) is 13.1 Å². The lowest BCUT2D eigenvalue weighted by Crippen LogP contribution is -2.29. The predicted octanol–water partition coefficient (Wildman–Crippen LogP) is 0.970. The molecule has 0 radical (unpaired) electrons. The van der Waals surface area contributed by atoms with Crippen LogP contribution in [0.15, 0.2) is 23.1 Å². The molecule has 0 atom stereocenters. The molecule has 0 heterocycles. The van der Waals surface area contributed by atoms with Crippen molar-refractivity contribution in [1.29, 1.82) is 0 Å². The van der Waals surface area contributed by atoms with E-state index in [0.29, 0.717) is 11.3 Å². The van der Waals surface area contributed by atoms with Crippen molar-refractivity contribution in [1.82, 2.24) is 4.31 Å². The summed E-state index contributed by atoms with van der Waals surface area (Å²) < 4.78 is 31.3. The molecule has 100 valence electrons. The molecule has 1 N–H and O–H groups in total. The third-order valence-electron chi connectivity index (χ3n) is 3.13. The summed E-state index contributed by atoms with van der Waals surface area (Å²) in [5, 5.41) is 9.10. The van der Waals surface area contributed by atoms with E-state index in [-0.39, 0.29) is 17.5 Å². The summed E-state index contributed by atoms with van der Waals surface area (Å²) in [5.41, 5.74) is 0.554. The van der Waals surface area contributed by atoms with Gasteiger partial charge in [-0.05, 0) is 30.5 Å². The summed E-state index contributed by atoms with van der Waals surface area (Å²) in [6.45, 7) is -0.195. The highest BCUT2D eigenvalue weighted by molar-refractivity contribution is 7.89. The molecule has 0 bridgehead atoms. The number of nitrogens with zero attached hydrogens (tertiary/aromatic N) is 1. The first-order valence-corrected chi connectivity index (χ1v) is 7.20. The van der Waals surface area contributed by atoms with Gasteiger partial charge in [0.25, 0.3) is 0 Å². The number of aliphatic hydroxyl groups is 1. The van der Waals surface area contributed by atoms with Gasteiger partial charge < -0.3 is 9.84 Å². The minimum absolute atomic E-state index is 0.0949. The number of aliphatic hydroxyl groups excluding tert-OH is 1. The van der Waals surface area contributed by atoms with Crippen LogP contribution in [0.1, 0.15) is 18.4 Å². The average molecular weight is 271 g/mol. The first-order valence-electron chi connectivity index (χ1n) is 5.76. The quantitative estimate of drug-likeness (QED) is 0.866. The zero-order valence-corrected chi connectivity index (χ0v) is 11.3. The Bertz CT molecular complexity index is 537. The highest BCUT2D eigenvalue weighted by Crippen LogP contribution is 2.34. The van der Waals surface area contributed by atoms with E-state index in [1.165, 1.54) is 17.5 Å². The zero-order chi connectivity index (χ0) is 13.3. The number of ether oxygens (including phenoxy) is 1. The smallest absolute Gasteiger partial charge is 0.246 e. The largest absolute Gasteiger partial charge is 0.495 e. The molecule has 1 saturated carbocycles. The summed E-state index contributed by atoms with van der Waals surface area (Å²) in [5.74, 6) is 0.305. The molecule has 1 aliphatic carbocycles. The van der Waals surface area contributed by atoms with Gasteiger partial charge in [-0.2, -0.15) is 4.31 Å². The average Bonchev–Trinajstić information content (AvgIpc) is 3.21. The Morgan fingerprint density at radius 2 is 2.11 bits per heavy atom. The predicted molar refractivity (Wildman–Crippen MR) is 66.9 cm³/mol. The topological polar surface area (TPSA) is 66.8 Å². The Morgan fingerprint density at radius 3 is 2.61 bits per heavy atom. The lowest BCUT2D eigenvalue weighted by atomic mass is 10.2. The highest BCUT2D eigenvalue weighted by atomic mass is 32.2. The minimum Gasteiger partial charge on any atom is -0.495 e. The second kappa shape index (κ2) is 4.87. The second-order valence-electron chi connectivity index (χ2n) is 4.40. The normalized spacial score (nSPS) is 16.0. The summed E-state index contributed by atoms with van der Waals surface area (Å²) in [6.07, 6.45) is 1.80. The third kappa shape index (κ3) is 2.36. The minimum atomic E-state index is -3.55. The van der Waals surface area contributed by atoms with E-state index in [9.17, 15) is 8.42 Å². The first kappa shape index (κ1) is 13.3. The highest BCUT2D eigenvalue weighted by Gasteiger charge is 2.36. The fraction of sp³-hybridized carbons (Fsp3) is 0.500. The van der Waals surface area contributed by atoms with Gasteiger partial charge in [-0.3, -0.25) is 0 Å². The Balaban J connectivity index is 2.47. The molecular weight excluding hydrogens is 254 g/mol. The Labute approximate surface area is 107 Å². The van der Waals surface area contributed by atoms with E-state index in [4.69, 9.17) is 9.84 Å². The van der Waals surface area contributed by atoms with E-state index < -0.39 is 10.0 Å². The molecule has 0 saturated heterocycles. The van der Waals surface area contributed by atoms with Crippen molar-refractivity contribution in [3.05, 3.63) is 23.8 Å². The van der Waals surface area contributed by atoms with Crippen molar-refractivity contribution >= 4 is 10.0 Å². The Kier molecular flexibility index (Phi) is 3.61. The molecule has 1 aromatic rings. The summed E-state index contributed by atoms with van der Waals surface area (Å²) in [4.78, 5) is 0.117. The molecule has 1 aliphatic rings. The lowest BCUT2D eigenvalue weighted by molar-refractivity contribution is 0.281. The van der Waals surface area contributed by atoms with Gasteiger partial charge >= 0.3 is 0 Å². The third-order valence-corrected chi connectivity index (χ3v) is 5.06. The zero-order valence-electron chi connectivity index (χ0n) is 10.5. The maximum atomic E-state index is 12.4. The Hall–Kier alpha value is -1.11. The van der Waals surface area contributed by atoms with E-state index in [0.717, 1.165) is 12.8 Å². The first-order chi connectivity index (χ1) is 8.50. The van der Waals surface area contributed by atoms with Crippen LogP contribution in [0.3, 0.4) is 0 Å². The van der Waals surface area contributed by atoms with Gasteiger partial charge in [0.15, 0.2) is 0 Å². The SMILES string of the molecule is COc1ccc(CO)cc1S(=O)(=O)N(C)C1CC1. The maximum Gasteiger partial charge on any atom is 0.246 e. The van der Waals surface area contributed by atoms with E-state index in [2.05, 4.69) is 0 Å². The van der Waals surface area contributed by atoms with Crippen molar-refractivity contribution in [3.63, 3.8) is 0 Å². The lowest BCUT2D eigenvalue weighted by Gasteiger charge is -2.18. The monoisotopic (exact) mass is 271 g/mol. The number of sulfonamides is 1. The number of rotatable bonds is 5. The van der Waals surface area contributed by atoms with Crippen LogP contribution in [0.4, 0.5) is 0 Å². The van der Waals surface area contributed by atoms with Gasteiger partial charge in [-0.25, -0.2) is 8.42 Å². The van der Waals surface area contributed by atoms with Crippen molar-refractivity contribution in [2.75, 3.05) is 14.2 Å². The molecule has 1 aromatic carbocycles. The standard InChI is InChI=1S/C12H17NO4S/c1-13(10-4-5-10)18(15,16)12-7-9(8-14)3-6-11(12)17-2/h3,6-7,10,14H,4-5,8H2,1-2H3. The van der Waals surface area contributed by atoms with Gasteiger partial charge in [0.1, 0.15) is 10.6 Å². The van der Waals surface area contributed by atoms with Gasteiger partial charge in [0.2, 0.25) is 10.0 Å². The molecule has 0 aliphatic heterocycles. The van der Waals surface area contributed by atoms with Gasteiger partial charge in [-0.1, -0.05) is 6.07 Å². The summed E-state index contributed by atoms with van der Waals surface area (Å²) in [7, 11) is -0.538. The molecule has 0 unspecified atom stereocenters. The van der Waals surface area contributed by atoms with Crippen LogP contribution in [-0.4, -0.2) is 38.0 Å². The molecular formula is C12H17NO4S. The van der Waals surface area contributed by atoms with Crippen LogP contribution in [0.2, 0.25) is 0 Å². The van der Waals surface area contributed by atoms with E-state index in [1.54, 1.807) is 19.2 Å². The molecule has 0 amide bonds. The molecule has 0 spiro atoms. The van der Waals surface area contributed by atoms with Gasteiger partial charge in [-0.15, -0.1) is 0 Å². The molecule has 2 rings (SSSR count). The van der Waals surface area contributed by atoms with Crippen LogP contribution in [-0.2, 0) is 16.6 Å². The fourth-order valence-electron chi connectivity index (χ4n) is 1.81. The maximum absolute atomic E-state index is 12.4. The number of methoxy groups -OCH3 is 1. The van der Waals surface area contributed by atoms with Crippen molar-refractivity contribution in [2.24, 2.45) is 0 Å². The van der Waals surface area contributed by atoms with Crippen LogP contribution in [0, 0.1) is 0 Å². The number of benzene rings is 1. The van der Waals surface area contributed by atoms with E-state index in [1.807, 2.05) is 0 Å². The Morgan fingerprint density at radius 1 is 1.44 bits per heavy atom.